The van der Waals surface area contributed by atoms with Crippen molar-refractivity contribution in [1.82, 2.24) is 10.4 Å². The molecule has 1 heterocycles. The van der Waals surface area contributed by atoms with Gasteiger partial charge in [0.1, 0.15) is 0 Å². The summed E-state index contributed by atoms with van der Waals surface area (Å²) in [6.07, 6.45) is 3.70. The van der Waals surface area contributed by atoms with Crippen molar-refractivity contribution in [3.63, 3.8) is 0 Å². The first-order valence-corrected chi connectivity index (χ1v) is 6.46. The first kappa shape index (κ1) is 11.0. The number of nitrogens with one attached hydrogen (secondary N) is 1. The number of thiazole rings is 1. The van der Waals surface area contributed by atoms with Gasteiger partial charge in [0.15, 0.2) is 0 Å². The Balaban J connectivity index is 1.95. The van der Waals surface area contributed by atoms with Crippen molar-refractivity contribution in [3.05, 3.63) is 16.1 Å². The molecule has 3 N–H and O–H groups in total. The van der Waals surface area contributed by atoms with Gasteiger partial charge in [-0.25, -0.2) is 4.98 Å². The molecule has 0 saturated heterocycles. The number of aryl methyl sites for hydroxylation is 1. The first-order chi connectivity index (χ1) is 7.20. The molecule has 0 aromatic carbocycles. The summed E-state index contributed by atoms with van der Waals surface area (Å²) in [5.41, 5.74) is 4.12. The number of hydrogen-bond acceptors (Lipinski definition) is 4. The molecule has 1 aliphatic carbocycles. The number of nitrogens with two attached hydrogens (primary N) is 1. The van der Waals surface area contributed by atoms with Gasteiger partial charge in [-0.05, 0) is 31.6 Å². The van der Waals surface area contributed by atoms with Gasteiger partial charge in [0.25, 0.3) is 0 Å². The van der Waals surface area contributed by atoms with Gasteiger partial charge in [-0.1, -0.05) is 6.92 Å². The van der Waals surface area contributed by atoms with Crippen LogP contribution in [-0.4, -0.2) is 11.0 Å². The van der Waals surface area contributed by atoms with Gasteiger partial charge >= 0.3 is 0 Å². The predicted octanol–water partition coefficient (Wildman–Crippen LogP) is 1.87. The summed E-state index contributed by atoms with van der Waals surface area (Å²) in [6, 6.07) is 0.374. The molecule has 3 nitrogen and oxygen atoms in total. The number of nitrogens with zero attached hydrogens (tertiary/aromatic N) is 1. The molecule has 4 heteroatoms. The van der Waals surface area contributed by atoms with E-state index in [1.165, 1.54) is 18.5 Å². The smallest absolute Gasteiger partial charge is 0.0897 e. The van der Waals surface area contributed by atoms with Crippen LogP contribution in [0.3, 0.4) is 0 Å². The van der Waals surface area contributed by atoms with Gasteiger partial charge in [0.2, 0.25) is 0 Å². The van der Waals surface area contributed by atoms with Gasteiger partial charge in [0.05, 0.1) is 10.7 Å². The summed E-state index contributed by atoms with van der Waals surface area (Å²) in [6.45, 7) is 4.34. The Morgan fingerprint density at radius 2 is 2.40 bits per heavy atom. The summed E-state index contributed by atoms with van der Waals surface area (Å²) < 4.78 is 0. The fourth-order valence-electron chi connectivity index (χ4n) is 2.07. The minimum absolute atomic E-state index is 0.374. The van der Waals surface area contributed by atoms with E-state index in [0.717, 1.165) is 17.3 Å². The fourth-order valence-corrected chi connectivity index (χ4v) is 2.70. The normalized spacial score (nSPS) is 20.2. The molecule has 2 atom stereocenters. The molecule has 84 valence electrons. The second-order valence-corrected chi connectivity index (χ2v) is 5.59. The summed E-state index contributed by atoms with van der Waals surface area (Å²) >= 11 is 1.71. The highest BCUT2D eigenvalue weighted by Gasteiger charge is 2.33. The van der Waals surface area contributed by atoms with Crippen LogP contribution in [0.25, 0.3) is 0 Å². The number of rotatable bonds is 5. The molecule has 1 aromatic rings. The molecule has 0 spiro atoms. The van der Waals surface area contributed by atoms with Crippen LogP contribution in [0, 0.1) is 18.8 Å². The van der Waals surface area contributed by atoms with Crippen LogP contribution in [0.4, 0.5) is 0 Å². The lowest BCUT2D eigenvalue weighted by Gasteiger charge is -2.22. The average Bonchev–Trinajstić information content (AvgIpc) is 2.99. The predicted molar refractivity (Wildman–Crippen MR) is 63.6 cm³/mol. The number of hydrazine groups is 1. The standard InChI is InChI=1S/C11H19N3S/c1-7(9-3-4-9)11(14-12)5-10-6-15-8(2)13-10/h6-7,9,11,14H,3-5,12H2,1-2H3. The zero-order valence-corrected chi connectivity index (χ0v) is 10.2. The van der Waals surface area contributed by atoms with Crippen LogP contribution in [0.15, 0.2) is 5.38 Å². The van der Waals surface area contributed by atoms with Crippen molar-refractivity contribution in [1.29, 1.82) is 0 Å². The van der Waals surface area contributed by atoms with E-state index in [4.69, 9.17) is 5.84 Å². The molecule has 0 bridgehead atoms. The first-order valence-electron chi connectivity index (χ1n) is 5.58. The van der Waals surface area contributed by atoms with Crippen LogP contribution >= 0.6 is 11.3 Å². The molecule has 2 unspecified atom stereocenters. The molecule has 0 radical (unpaired) electrons. The number of hydrogen-bond donors (Lipinski definition) is 2. The Labute approximate surface area is 95.1 Å². The van der Waals surface area contributed by atoms with Crippen molar-refractivity contribution in [3.8, 4) is 0 Å². The van der Waals surface area contributed by atoms with Crippen LogP contribution in [0.2, 0.25) is 0 Å². The quantitative estimate of drug-likeness (QED) is 0.594. The van der Waals surface area contributed by atoms with Crippen molar-refractivity contribution in [2.45, 2.75) is 39.2 Å². The lowest BCUT2D eigenvalue weighted by atomic mass is 9.94. The second-order valence-electron chi connectivity index (χ2n) is 4.53. The van der Waals surface area contributed by atoms with E-state index in [0.29, 0.717) is 12.0 Å². The van der Waals surface area contributed by atoms with Gasteiger partial charge in [-0.15, -0.1) is 11.3 Å². The molecule has 1 saturated carbocycles. The largest absolute Gasteiger partial charge is 0.271 e. The van der Waals surface area contributed by atoms with Gasteiger partial charge < -0.3 is 0 Å². The summed E-state index contributed by atoms with van der Waals surface area (Å²) in [4.78, 5) is 4.48. The Hall–Kier alpha value is -0.450. The molecule has 1 aliphatic rings. The van der Waals surface area contributed by atoms with Crippen molar-refractivity contribution in [2.75, 3.05) is 0 Å². The van der Waals surface area contributed by atoms with Crippen molar-refractivity contribution >= 4 is 11.3 Å². The minimum atomic E-state index is 0.374. The Morgan fingerprint density at radius 1 is 1.67 bits per heavy atom. The van der Waals surface area contributed by atoms with E-state index in [2.05, 4.69) is 22.7 Å². The van der Waals surface area contributed by atoms with Crippen LogP contribution in [-0.2, 0) is 6.42 Å². The Morgan fingerprint density at radius 3 is 2.87 bits per heavy atom. The maximum Gasteiger partial charge on any atom is 0.0897 e. The second kappa shape index (κ2) is 4.60. The van der Waals surface area contributed by atoms with E-state index in [-0.39, 0.29) is 0 Å². The van der Waals surface area contributed by atoms with Gasteiger partial charge in [0, 0.05) is 17.8 Å². The van der Waals surface area contributed by atoms with Crippen LogP contribution < -0.4 is 11.3 Å². The molecule has 1 fully saturated rings. The SMILES string of the molecule is Cc1nc(CC(NN)C(C)C2CC2)cs1. The third-order valence-electron chi connectivity index (χ3n) is 3.31. The maximum atomic E-state index is 5.62. The molecule has 0 amide bonds. The topological polar surface area (TPSA) is 50.9 Å². The zero-order chi connectivity index (χ0) is 10.8. The summed E-state index contributed by atoms with van der Waals surface area (Å²) in [5, 5.41) is 3.28. The zero-order valence-electron chi connectivity index (χ0n) is 9.36. The fraction of sp³-hybridized carbons (Fsp3) is 0.727. The maximum absolute atomic E-state index is 5.62. The van der Waals surface area contributed by atoms with E-state index >= 15 is 0 Å². The third kappa shape index (κ3) is 2.77. The highest BCUT2D eigenvalue weighted by atomic mass is 32.1. The van der Waals surface area contributed by atoms with E-state index in [1.807, 2.05) is 6.92 Å². The Bertz CT molecular complexity index is 319. The average molecular weight is 225 g/mol. The van der Waals surface area contributed by atoms with Crippen molar-refractivity contribution < 1.29 is 0 Å². The summed E-state index contributed by atoms with van der Waals surface area (Å²) in [5.74, 6) is 7.16. The van der Waals surface area contributed by atoms with E-state index in [9.17, 15) is 0 Å². The molecule has 0 aliphatic heterocycles. The lowest BCUT2D eigenvalue weighted by Crippen LogP contribution is -2.42. The highest BCUT2D eigenvalue weighted by Crippen LogP contribution is 2.38. The van der Waals surface area contributed by atoms with E-state index in [1.54, 1.807) is 11.3 Å². The monoisotopic (exact) mass is 225 g/mol. The number of aromatic nitrogens is 1. The molecule has 1 aromatic heterocycles. The Kier molecular flexibility index (Phi) is 3.38. The third-order valence-corrected chi connectivity index (χ3v) is 4.13. The molecule has 15 heavy (non-hydrogen) atoms. The minimum Gasteiger partial charge on any atom is -0.271 e. The lowest BCUT2D eigenvalue weighted by molar-refractivity contribution is 0.342. The summed E-state index contributed by atoms with van der Waals surface area (Å²) in [7, 11) is 0. The van der Waals surface area contributed by atoms with Crippen LogP contribution in [0.5, 0.6) is 0 Å². The molecular weight excluding hydrogens is 206 g/mol. The van der Waals surface area contributed by atoms with Gasteiger partial charge in [-0.2, -0.15) is 0 Å². The highest BCUT2D eigenvalue weighted by molar-refractivity contribution is 7.09. The molecule has 2 rings (SSSR count). The van der Waals surface area contributed by atoms with Crippen molar-refractivity contribution in [2.24, 2.45) is 17.7 Å². The van der Waals surface area contributed by atoms with Gasteiger partial charge in [-0.3, -0.25) is 11.3 Å². The molecular formula is C11H19N3S. The van der Waals surface area contributed by atoms with Crippen LogP contribution in [0.1, 0.15) is 30.5 Å². The van der Waals surface area contributed by atoms with E-state index < -0.39 is 0 Å².